The maximum atomic E-state index is 13.2. The molecule has 2 fully saturated rings. The molecule has 0 aromatic heterocycles. The summed E-state index contributed by atoms with van der Waals surface area (Å²) in [4.78, 5) is 12.3. The second-order valence-electron chi connectivity index (χ2n) is 7.40. The van der Waals surface area contributed by atoms with Gasteiger partial charge in [-0.3, -0.25) is 5.32 Å². The van der Waals surface area contributed by atoms with Crippen molar-refractivity contribution in [3.63, 3.8) is 0 Å². The van der Waals surface area contributed by atoms with E-state index in [2.05, 4.69) is 10.6 Å². The van der Waals surface area contributed by atoms with Gasteiger partial charge in [0.25, 0.3) is 0 Å². The highest BCUT2D eigenvalue weighted by atomic mass is 35.5. The van der Waals surface area contributed by atoms with E-state index in [-0.39, 0.29) is 5.82 Å². The highest BCUT2D eigenvalue weighted by Gasteiger charge is 2.33. The van der Waals surface area contributed by atoms with Gasteiger partial charge < -0.3 is 10.1 Å². The molecule has 6 heteroatoms. The van der Waals surface area contributed by atoms with Gasteiger partial charge in [-0.05, 0) is 61.4 Å². The Morgan fingerprint density at radius 3 is 2.56 bits per heavy atom. The zero-order valence-electron chi connectivity index (χ0n) is 14.9. The van der Waals surface area contributed by atoms with E-state index < -0.39 is 6.09 Å². The molecule has 4 nitrogen and oxygen atoms in total. The highest BCUT2D eigenvalue weighted by molar-refractivity contribution is 6.31. The number of benzene rings is 2. The summed E-state index contributed by atoms with van der Waals surface area (Å²) < 4.78 is 18.7. The van der Waals surface area contributed by atoms with Crippen LogP contribution in [-0.4, -0.2) is 24.8 Å². The minimum atomic E-state index is -0.494. The molecule has 2 aromatic rings. The summed E-state index contributed by atoms with van der Waals surface area (Å²) in [6.45, 7) is 0.424. The zero-order chi connectivity index (χ0) is 18.8. The third-order valence-electron chi connectivity index (χ3n) is 5.39. The molecule has 2 atom stereocenters. The van der Waals surface area contributed by atoms with Gasteiger partial charge in [-0.2, -0.15) is 0 Å². The Bertz CT molecular complexity index is 815. The Morgan fingerprint density at radius 1 is 1.15 bits per heavy atom. The second kappa shape index (κ2) is 7.87. The summed E-state index contributed by atoms with van der Waals surface area (Å²) in [6.07, 6.45) is 4.06. The number of carbonyl (C=O) groups is 1. The van der Waals surface area contributed by atoms with E-state index >= 15 is 0 Å². The van der Waals surface area contributed by atoms with Crippen molar-refractivity contribution in [2.75, 3.05) is 11.9 Å². The van der Waals surface area contributed by atoms with E-state index in [1.54, 1.807) is 30.3 Å². The lowest BCUT2D eigenvalue weighted by Gasteiger charge is -2.28. The molecular weight excluding hydrogens is 367 g/mol. The third kappa shape index (κ3) is 4.42. The first-order chi connectivity index (χ1) is 13.1. The molecule has 27 heavy (non-hydrogen) atoms. The predicted molar refractivity (Wildman–Crippen MR) is 104 cm³/mol. The van der Waals surface area contributed by atoms with E-state index in [9.17, 15) is 9.18 Å². The molecule has 0 spiro atoms. The van der Waals surface area contributed by atoms with Gasteiger partial charge in [-0.1, -0.05) is 29.8 Å². The van der Waals surface area contributed by atoms with Crippen LogP contribution < -0.4 is 10.6 Å². The Morgan fingerprint density at radius 2 is 1.85 bits per heavy atom. The minimum absolute atomic E-state index is 0.308. The molecule has 2 aliphatic rings. The average Bonchev–Trinajstić information content (AvgIpc) is 2.99. The average molecular weight is 389 g/mol. The van der Waals surface area contributed by atoms with E-state index in [0.29, 0.717) is 35.3 Å². The Hall–Kier alpha value is -2.11. The van der Waals surface area contributed by atoms with Crippen LogP contribution in [-0.2, 0) is 4.74 Å². The molecule has 0 aliphatic carbocycles. The van der Waals surface area contributed by atoms with Crippen molar-refractivity contribution in [3.05, 3.63) is 53.3 Å². The SMILES string of the molecule is O=C(Nc1cc(Cl)ccc1-c1ccc(F)cc1)OCC1CC2CCC(C1)N2. The monoisotopic (exact) mass is 388 g/mol. The maximum absolute atomic E-state index is 13.2. The second-order valence-corrected chi connectivity index (χ2v) is 7.83. The van der Waals surface area contributed by atoms with Gasteiger partial charge >= 0.3 is 6.09 Å². The normalized spacial score (nSPS) is 23.9. The molecule has 2 aliphatic heterocycles. The zero-order valence-corrected chi connectivity index (χ0v) is 15.6. The first-order valence-corrected chi connectivity index (χ1v) is 9.70. The van der Waals surface area contributed by atoms with Gasteiger partial charge in [0.15, 0.2) is 0 Å². The van der Waals surface area contributed by atoms with Crippen LogP contribution in [0.4, 0.5) is 14.9 Å². The molecule has 2 N–H and O–H groups in total. The highest BCUT2D eigenvalue weighted by Crippen LogP contribution is 2.32. The van der Waals surface area contributed by atoms with Crippen molar-refractivity contribution in [3.8, 4) is 11.1 Å². The molecule has 2 saturated heterocycles. The van der Waals surface area contributed by atoms with Gasteiger partial charge in [-0.15, -0.1) is 0 Å². The fourth-order valence-electron chi connectivity index (χ4n) is 4.15. The standard InChI is InChI=1S/C21H22ClFN2O2/c22-15-3-8-19(14-1-4-16(23)5-2-14)20(11-15)25-21(26)27-12-13-9-17-6-7-18(10-13)24-17/h1-5,8,11,13,17-18,24H,6-7,9-10,12H2,(H,25,26). The largest absolute Gasteiger partial charge is 0.449 e. The predicted octanol–water partition coefficient (Wildman–Crippen LogP) is 5.23. The Kier molecular flexibility index (Phi) is 5.32. The number of carbonyl (C=O) groups excluding carboxylic acids is 1. The van der Waals surface area contributed by atoms with Crippen LogP contribution in [0, 0.1) is 11.7 Å². The summed E-state index contributed by atoms with van der Waals surface area (Å²) in [5.41, 5.74) is 2.10. The lowest BCUT2D eigenvalue weighted by atomic mass is 9.93. The number of halogens is 2. The summed E-state index contributed by atoms with van der Waals surface area (Å²) in [6, 6.07) is 12.5. The molecule has 2 heterocycles. The number of fused-ring (bicyclic) bond motifs is 2. The van der Waals surface area contributed by atoms with Gasteiger partial charge in [0.1, 0.15) is 5.82 Å². The molecule has 0 saturated carbocycles. The Labute approximate surface area is 163 Å². The van der Waals surface area contributed by atoms with Crippen molar-refractivity contribution in [2.24, 2.45) is 5.92 Å². The van der Waals surface area contributed by atoms with Crippen molar-refractivity contribution in [2.45, 2.75) is 37.8 Å². The number of amides is 1. The molecule has 4 rings (SSSR count). The van der Waals surface area contributed by atoms with Crippen molar-refractivity contribution >= 4 is 23.4 Å². The molecule has 2 aromatic carbocycles. The number of anilines is 1. The van der Waals surface area contributed by atoms with Crippen LogP contribution in [0.5, 0.6) is 0 Å². The molecule has 142 valence electrons. The quantitative estimate of drug-likeness (QED) is 0.754. The maximum Gasteiger partial charge on any atom is 0.411 e. The number of ether oxygens (including phenoxy) is 1. The van der Waals surface area contributed by atoms with Crippen LogP contribution in [0.3, 0.4) is 0 Å². The molecule has 2 bridgehead atoms. The van der Waals surface area contributed by atoms with E-state index in [1.807, 2.05) is 0 Å². The van der Waals surface area contributed by atoms with Crippen molar-refractivity contribution in [1.82, 2.24) is 5.32 Å². The number of rotatable bonds is 4. The van der Waals surface area contributed by atoms with Crippen LogP contribution >= 0.6 is 11.6 Å². The number of nitrogens with one attached hydrogen (secondary N) is 2. The van der Waals surface area contributed by atoms with Crippen molar-refractivity contribution < 1.29 is 13.9 Å². The summed E-state index contributed by atoms with van der Waals surface area (Å²) in [7, 11) is 0. The topological polar surface area (TPSA) is 50.4 Å². The summed E-state index contributed by atoms with van der Waals surface area (Å²) in [5.74, 6) is 0.100. The molecule has 1 amide bonds. The van der Waals surface area contributed by atoms with E-state index in [1.165, 1.54) is 25.0 Å². The van der Waals surface area contributed by atoms with Gasteiger partial charge in [0.2, 0.25) is 0 Å². The van der Waals surface area contributed by atoms with E-state index in [4.69, 9.17) is 16.3 Å². The summed E-state index contributed by atoms with van der Waals surface area (Å²) >= 11 is 6.09. The lowest BCUT2D eigenvalue weighted by molar-refractivity contribution is 0.122. The summed E-state index contributed by atoms with van der Waals surface area (Å²) in [5, 5.41) is 6.88. The first-order valence-electron chi connectivity index (χ1n) is 9.32. The Balaban J connectivity index is 1.41. The third-order valence-corrected chi connectivity index (χ3v) is 5.63. The van der Waals surface area contributed by atoms with Crippen LogP contribution in [0.15, 0.2) is 42.5 Å². The fraction of sp³-hybridized carbons (Fsp3) is 0.381. The van der Waals surface area contributed by atoms with Gasteiger partial charge in [-0.25, -0.2) is 9.18 Å². The molecular formula is C21H22ClFN2O2. The first kappa shape index (κ1) is 18.3. The molecule has 0 radical (unpaired) electrons. The van der Waals surface area contributed by atoms with Crippen LogP contribution in [0.25, 0.3) is 11.1 Å². The lowest BCUT2D eigenvalue weighted by Crippen LogP contribution is -2.39. The minimum Gasteiger partial charge on any atom is -0.449 e. The van der Waals surface area contributed by atoms with Crippen molar-refractivity contribution in [1.29, 1.82) is 0 Å². The van der Waals surface area contributed by atoms with E-state index in [0.717, 1.165) is 24.0 Å². The van der Waals surface area contributed by atoms with Crippen LogP contribution in [0.2, 0.25) is 5.02 Å². The fourth-order valence-corrected chi connectivity index (χ4v) is 4.32. The number of piperidine rings is 1. The molecule has 2 unspecified atom stereocenters. The number of hydrogen-bond acceptors (Lipinski definition) is 3. The smallest absolute Gasteiger partial charge is 0.411 e. The van der Waals surface area contributed by atoms with Gasteiger partial charge in [0.05, 0.1) is 12.3 Å². The number of hydrogen-bond donors (Lipinski definition) is 2. The van der Waals surface area contributed by atoms with Gasteiger partial charge in [0, 0.05) is 22.7 Å². The van der Waals surface area contributed by atoms with Crippen LogP contribution in [0.1, 0.15) is 25.7 Å².